The van der Waals surface area contributed by atoms with Crippen LogP contribution in [0.1, 0.15) is 16.2 Å². The zero-order valence-electron chi connectivity index (χ0n) is 7.45. The standard InChI is InChI=1S/C9H11N3O/c1-3-4-10-9(13)8-5-11-7(2)12-6-8/h3,5-6H,1,4H2,2H3,(H,10,13). The number of nitrogens with zero attached hydrogens (tertiary/aromatic N) is 2. The van der Waals surface area contributed by atoms with Gasteiger partial charge in [-0.05, 0) is 6.92 Å². The van der Waals surface area contributed by atoms with Crippen LogP contribution in [-0.2, 0) is 0 Å². The molecule has 13 heavy (non-hydrogen) atoms. The lowest BCUT2D eigenvalue weighted by molar-refractivity contribution is 0.0957. The second kappa shape index (κ2) is 4.35. The van der Waals surface area contributed by atoms with Gasteiger partial charge in [-0.25, -0.2) is 9.97 Å². The summed E-state index contributed by atoms with van der Waals surface area (Å²) < 4.78 is 0. The number of aromatic nitrogens is 2. The third-order valence-corrected chi connectivity index (χ3v) is 1.45. The van der Waals surface area contributed by atoms with Crippen molar-refractivity contribution < 1.29 is 4.79 Å². The van der Waals surface area contributed by atoms with E-state index >= 15 is 0 Å². The third-order valence-electron chi connectivity index (χ3n) is 1.45. The topological polar surface area (TPSA) is 54.9 Å². The molecule has 0 aliphatic rings. The van der Waals surface area contributed by atoms with Gasteiger partial charge in [0, 0.05) is 18.9 Å². The van der Waals surface area contributed by atoms with E-state index in [0.717, 1.165) is 0 Å². The molecule has 1 rings (SSSR count). The third kappa shape index (κ3) is 2.66. The van der Waals surface area contributed by atoms with Gasteiger partial charge in [-0.15, -0.1) is 6.58 Å². The molecule has 0 aromatic carbocycles. The van der Waals surface area contributed by atoms with Crippen molar-refractivity contribution in [3.8, 4) is 0 Å². The van der Waals surface area contributed by atoms with Gasteiger partial charge in [0.25, 0.3) is 5.91 Å². The van der Waals surface area contributed by atoms with E-state index in [-0.39, 0.29) is 5.91 Å². The SMILES string of the molecule is C=CCNC(=O)c1cnc(C)nc1. The van der Waals surface area contributed by atoms with Crippen molar-refractivity contribution >= 4 is 5.91 Å². The van der Waals surface area contributed by atoms with Crippen LogP contribution in [-0.4, -0.2) is 22.4 Å². The Morgan fingerprint density at radius 2 is 2.23 bits per heavy atom. The molecule has 1 heterocycles. The van der Waals surface area contributed by atoms with Crippen LogP contribution in [0.2, 0.25) is 0 Å². The predicted octanol–water partition coefficient (Wildman–Crippen LogP) is 0.701. The highest BCUT2D eigenvalue weighted by Gasteiger charge is 2.03. The first-order valence-electron chi connectivity index (χ1n) is 3.92. The van der Waals surface area contributed by atoms with Crippen LogP contribution in [0.3, 0.4) is 0 Å². The van der Waals surface area contributed by atoms with Crippen molar-refractivity contribution in [2.75, 3.05) is 6.54 Å². The Labute approximate surface area is 76.7 Å². The summed E-state index contributed by atoms with van der Waals surface area (Å²) in [4.78, 5) is 19.1. The molecule has 0 unspecified atom stereocenters. The Hall–Kier alpha value is -1.71. The number of carbonyl (C=O) groups is 1. The number of hydrogen-bond donors (Lipinski definition) is 1. The molecule has 68 valence electrons. The molecule has 1 amide bonds. The minimum atomic E-state index is -0.181. The number of carbonyl (C=O) groups excluding carboxylic acids is 1. The van der Waals surface area contributed by atoms with Gasteiger partial charge in [-0.3, -0.25) is 4.79 Å². The first-order valence-corrected chi connectivity index (χ1v) is 3.92. The van der Waals surface area contributed by atoms with Gasteiger partial charge in [-0.2, -0.15) is 0 Å². The molecule has 0 bridgehead atoms. The summed E-state index contributed by atoms with van der Waals surface area (Å²) in [6.07, 6.45) is 4.62. The maximum absolute atomic E-state index is 11.3. The van der Waals surface area contributed by atoms with Crippen molar-refractivity contribution in [2.45, 2.75) is 6.92 Å². The molecule has 0 aliphatic carbocycles. The first-order chi connectivity index (χ1) is 6.24. The minimum Gasteiger partial charge on any atom is -0.348 e. The van der Waals surface area contributed by atoms with Crippen LogP contribution >= 0.6 is 0 Å². The molecular weight excluding hydrogens is 166 g/mol. The Kier molecular flexibility index (Phi) is 3.14. The fraction of sp³-hybridized carbons (Fsp3) is 0.222. The maximum atomic E-state index is 11.3. The number of aryl methyl sites for hydroxylation is 1. The molecule has 1 N–H and O–H groups in total. The number of nitrogens with one attached hydrogen (secondary N) is 1. The number of hydrogen-bond acceptors (Lipinski definition) is 3. The van der Waals surface area contributed by atoms with E-state index in [1.54, 1.807) is 13.0 Å². The summed E-state index contributed by atoms with van der Waals surface area (Å²) in [6.45, 7) is 5.71. The van der Waals surface area contributed by atoms with Crippen LogP contribution in [0.4, 0.5) is 0 Å². The van der Waals surface area contributed by atoms with Crippen molar-refractivity contribution in [1.29, 1.82) is 0 Å². The molecule has 4 heteroatoms. The van der Waals surface area contributed by atoms with Crippen molar-refractivity contribution in [1.82, 2.24) is 15.3 Å². The van der Waals surface area contributed by atoms with Gasteiger partial charge in [-0.1, -0.05) is 6.08 Å². The minimum absolute atomic E-state index is 0.181. The monoisotopic (exact) mass is 177 g/mol. The van der Waals surface area contributed by atoms with Gasteiger partial charge >= 0.3 is 0 Å². The van der Waals surface area contributed by atoms with E-state index in [9.17, 15) is 4.79 Å². The molecule has 1 aromatic rings. The van der Waals surface area contributed by atoms with E-state index in [4.69, 9.17) is 0 Å². The normalized spacial score (nSPS) is 9.31. The average Bonchev–Trinajstić information content (AvgIpc) is 2.15. The van der Waals surface area contributed by atoms with Gasteiger partial charge in [0.05, 0.1) is 5.56 Å². The van der Waals surface area contributed by atoms with Crippen molar-refractivity contribution in [3.63, 3.8) is 0 Å². The highest BCUT2D eigenvalue weighted by atomic mass is 16.1. The lowest BCUT2D eigenvalue weighted by Gasteiger charge is -2.00. The highest BCUT2D eigenvalue weighted by Crippen LogP contribution is 1.94. The van der Waals surface area contributed by atoms with Gasteiger partial charge in [0.2, 0.25) is 0 Å². The summed E-state index contributed by atoms with van der Waals surface area (Å²) >= 11 is 0. The Morgan fingerprint density at radius 3 is 2.77 bits per heavy atom. The summed E-state index contributed by atoms with van der Waals surface area (Å²) in [5.74, 6) is 0.472. The maximum Gasteiger partial charge on any atom is 0.254 e. The molecule has 0 fully saturated rings. The van der Waals surface area contributed by atoms with E-state index in [1.165, 1.54) is 12.4 Å². The fourth-order valence-electron chi connectivity index (χ4n) is 0.777. The van der Waals surface area contributed by atoms with Crippen LogP contribution in [0, 0.1) is 6.92 Å². The quantitative estimate of drug-likeness (QED) is 0.691. The molecular formula is C9H11N3O. The van der Waals surface area contributed by atoms with Crippen LogP contribution in [0.5, 0.6) is 0 Å². The summed E-state index contributed by atoms with van der Waals surface area (Å²) in [7, 11) is 0. The fourth-order valence-corrected chi connectivity index (χ4v) is 0.777. The molecule has 0 radical (unpaired) electrons. The zero-order chi connectivity index (χ0) is 9.68. The molecule has 0 aliphatic heterocycles. The molecule has 1 aromatic heterocycles. The second-order valence-electron chi connectivity index (χ2n) is 2.52. The zero-order valence-corrected chi connectivity index (χ0v) is 7.45. The van der Waals surface area contributed by atoms with E-state index < -0.39 is 0 Å². The van der Waals surface area contributed by atoms with Crippen molar-refractivity contribution in [2.24, 2.45) is 0 Å². The van der Waals surface area contributed by atoms with Crippen LogP contribution in [0.25, 0.3) is 0 Å². The summed E-state index contributed by atoms with van der Waals surface area (Å²) in [5.41, 5.74) is 0.465. The lowest BCUT2D eigenvalue weighted by Crippen LogP contribution is -2.23. The number of amides is 1. The Bertz CT molecular complexity index is 305. The van der Waals surface area contributed by atoms with Crippen LogP contribution in [0.15, 0.2) is 25.0 Å². The van der Waals surface area contributed by atoms with Gasteiger partial charge < -0.3 is 5.32 Å². The Morgan fingerprint density at radius 1 is 1.62 bits per heavy atom. The molecule has 0 saturated carbocycles. The van der Waals surface area contributed by atoms with Crippen LogP contribution < -0.4 is 5.32 Å². The number of rotatable bonds is 3. The predicted molar refractivity (Wildman–Crippen MR) is 49.3 cm³/mol. The first kappa shape index (κ1) is 9.38. The smallest absolute Gasteiger partial charge is 0.254 e. The van der Waals surface area contributed by atoms with Gasteiger partial charge in [0.1, 0.15) is 5.82 Å². The summed E-state index contributed by atoms with van der Waals surface area (Å²) in [5, 5.41) is 2.63. The Balaban J connectivity index is 2.66. The molecule has 0 spiro atoms. The molecule has 0 atom stereocenters. The van der Waals surface area contributed by atoms with E-state index in [2.05, 4.69) is 21.9 Å². The van der Waals surface area contributed by atoms with E-state index in [1.807, 2.05) is 0 Å². The second-order valence-corrected chi connectivity index (χ2v) is 2.52. The van der Waals surface area contributed by atoms with E-state index in [0.29, 0.717) is 17.9 Å². The largest absolute Gasteiger partial charge is 0.348 e. The van der Waals surface area contributed by atoms with Crippen molar-refractivity contribution in [3.05, 3.63) is 36.4 Å². The average molecular weight is 177 g/mol. The lowest BCUT2D eigenvalue weighted by atomic mass is 10.3. The summed E-state index contributed by atoms with van der Waals surface area (Å²) in [6, 6.07) is 0. The highest BCUT2D eigenvalue weighted by molar-refractivity contribution is 5.93. The van der Waals surface area contributed by atoms with Gasteiger partial charge in [0.15, 0.2) is 0 Å². The molecule has 0 saturated heterocycles. The molecule has 4 nitrogen and oxygen atoms in total.